The van der Waals surface area contributed by atoms with Gasteiger partial charge in [0.15, 0.2) is 15.1 Å². The van der Waals surface area contributed by atoms with E-state index in [9.17, 15) is 13.2 Å². The summed E-state index contributed by atoms with van der Waals surface area (Å²) in [5.74, 6) is -1.47. The molecule has 0 aliphatic rings. The van der Waals surface area contributed by atoms with Crippen molar-refractivity contribution in [3.63, 3.8) is 0 Å². The molecule has 0 bridgehead atoms. The highest BCUT2D eigenvalue weighted by molar-refractivity contribution is 7.92. The molecule has 0 amide bonds. The van der Waals surface area contributed by atoms with Gasteiger partial charge in [0, 0.05) is 18.3 Å². The standard InChI is InChI=1S/C11H15NO4S/c1-2-10(11(13)14)17(15,16)8-6-9-5-3-4-7-12-9/h3-5,7,10H,2,6,8H2,1H3,(H,13,14). The van der Waals surface area contributed by atoms with E-state index < -0.39 is 21.1 Å². The van der Waals surface area contributed by atoms with Gasteiger partial charge in [-0.05, 0) is 18.6 Å². The van der Waals surface area contributed by atoms with Gasteiger partial charge < -0.3 is 5.11 Å². The molecule has 0 aliphatic heterocycles. The van der Waals surface area contributed by atoms with Crippen LogP contribution in [0.3, 0.4) is 0 Å². The summed E-state index contributed by atoms with van der Waals surface area (Å²) in [6.45, 7) is 1.55. The third-order valence-electron chi connectivity index (χ3n) is 2.45. The zero-order chi connectivity index (χ0) is 12.9. The fraction of sp³-hybridized carbons (Fsp3) is 0.455. The molecule has 0 saturated carbocycles. The van der Waals surface area contributed by atoms with Crippen LogP contribution in [0.2, 0.25) is 0 Å². The van der Waals surface area contributed by atoms with E-state index in [1.165, 1.54) is 0 Å². The first-order valence-electron chi connectivity index (χ1n) is 5.31. The number of rotatable bonds is 6. The number of hydrogen-bond acceptors (Lipinski definition) is 4. The number of carbonyl (C=O) groups is 1. The predicted molar refractivity (Wildman–Crippen MR) is 63.4 cm³/mol. The Morgan fingerprint density at radius 2 is 2.18 bits per heavy atom. The molecular formula is C11H15NO4S. The minimum absolute atomic E-state index is 0.0832. The molecule has 0 radical (unpaired) electrons. The van der Waals surface area contributed by atoms with Crippen molar-refractivity contribution < 1.29 is 18.3 Å². The van der Waals surface area contributed by atoms with Crippen LogP contribution in [0.1, 0.15) is 19.0 Å². The van der Waals surface area contributed by atoms with E-state index in [2.05, 4.69) is 4.98 Å². The molecule has 1 rings (SSSR count). The van der Waals surface area contributed by atoms with Gasteiger partial charge in [0.1, 0.15) is 0 Å². The van der Waals surface area contributed by atoms with Gasteiger partial charge in [-0.2, -0.15) is 0 Å². The molecule has 1 N–H and O–H groups in total. The van der Waals surface area contributed by atoms with Crippen LogP contribution in [0.25, 0.3) is 0 Å². The van der Waals surface area contributed by atoms with Gasteiger partial charge in [0.2, 0.25) is 0 Å². The van der Waals surface area contributed by atoms with Crippen LogP contribution in [-0.2, 0) is 21.1 Å². The number of pyridine rings is 1. The fourth-order valence-electron chi connectivity index (χ4n) is 1.52. The van der Waals surface area contributed by atoms with Gasteiger partial charge in [-0.1, -0.05) is 13.0 Å². The largest absolute Gasteiger partial charge is 0.480 e. The maximum absolute atomic E-state index is 11.8. The van der Waals surface area contributed by atoms with Crippen LogP contribution in [-0.4, -0.2) is 35.5 Å². The van der Waals surface area contributed by atoms with Crippen LogP contribution in [0.5, 0.6) is 0 Å². The lowest BCUT2D eigenvalue weighted by atomic mass is 10.3. The number of aromatic nitrogens is 1. The first-order valence-corrected chi connectivity index (χ1v) is 7.03. The molecule has 0 spiro atoms. The minimum atomic E-state index is -3.61. The number of carboxylic acid groups (broad SMARTS) is 1. The number of carboxylic acids is 1. The number of aryl methyl sites for hydroxylation is 1. The molecule has 1 atom stereocenters. The summed E-state index contributed by atoms with van der Waals surface area (Å²) in [7, 11) is -3.61. The average molecular weight is 257 g/mol. The normalized spacial score (nSPS) is 13.2. The van der Waals surface area contributed by atoms with Crippen molar-refractivity contribution >= 4 is 15.8 Å². The second-order valence-electron chi connectivity index (χ2n) is 3.67. The molecule has 1 unspecified atom stereocenters. The average Bonchev–Trinajstić information content (AvgIpc) is 2.28. The van der Waals surface area contributed by atoms with Crippen LogP contribution in [0, 0.1) is 0 Å². The van der Waals surface area contributed by atoms with Crippen LogP contribution in [0.4, 0.5) is 0 Å². The Kier molecular flexibility index (Phi) is 4.62. The summed E-state index contributed by atoms with van der Waals surface area (Å²) in [6.07, 6.45) is 1.91. The lowest BCUT2D eigenvalue weighted by molar-refractivity contribution is -0.136. The molecule has 5 nitrogen and oxygen atoms in total. The Bertz CT molecular complexity index is 470. The topological polar surface area (TPSA) is 84.3 Å². The SMILES string of the molecule is CCC(C(=O)O)S(=O)(=O)CCc1ccccn1. The van der Waals surface area contributed by atoms with E-state index in [-0.39, 0.29) is 18.6 Å². The van der Waals surface area contributed by atoms with E-state index >= 15 is 0 Å². The van der Waals surface area contributed by atoms with E-state index in [1.807, 2.05) is 0 Å². The van der Waals surface area contributed by atoms with Crippen LogP contribution in [0.15, 0.2) is 24.4 Å². The van der Waals surface area contributed by atoms with E-state index in [0.29, 0.717) is 5.69 Å². The number of sulfone groups is 1. The summed E-state index contributed by atoms with van der Waals surface area (Å²) < 4.78 is 23.5. The minimum Gasteiger partial charge on any atom is -0.480 e. The van der Waals surface area contributed by atoms with Gasteiger partial charge in [0.25, 0.3) is 0 Å². The van der Waals surface area contributed by atoms with Crippen LogP contribution < -0.4 is 0 Å². The van der Waals surface area contributed by atoms with E-state index in [4.69, 9.17) is 5.11 Å². The van der Waals surface area contributed by atoms with E-state index in [1.54, 1.807) is 31.3 Å². The Hall–Kier alpha value is -1.43. The van der Waals surface area contributed by atoms with Crippen molar-refractivity contribution in [2.75, 3.05) is 5.75 Å². The maximum Gasteiger partial charge on any atom is 0.321 e. The number of hydrogen-bond donors (Lipinski definition) is 1. The smallest absolute Gasteiger partial charge is 0.321 e. The highest BCUT2D eigenvalue weighted by Gasteiger charge is 2.30. The molecule has 0 fully saturated rings. The summed E-state index contributed by atoms with van der Waals surface area (Å²) in [5, 5.41) is 7.50. The van der Waals surface area contributed by atoms with Gasteiger partial charge >= 0.3 is 5.97 Å². The highest BCUT2D eigenvalue weighted by Crippen LogP contribution is 2.09. The van der Waals surface area contributed by atoms with Crippen molar-refractivity contribution in [3.8, 4) is 0 Å². The first kappa shape index (κ1) is 13.6. The second kappa shape index (κ2) is 5.77. The zero-order valence-corrected chi connectivity index (χ0v) is 10.4. The number of nitrogens with zero attached hydrogens (tertiary/aromatic N) is 1. The molecule has 0 saturated heterocycles. The van der Waals surface area contributed by atoms with Crippen molar-refractivity contribution in [3.05, 3.63) is 30.1 Å². The third-order valence-corrected chi connectivity index (χ3v) is 4.62. The van der Waals surface area contributed by atoms with Gasteiger partial charge in [-0.3, -0.25) is 9.78 Å². The highest BCUT2D eigenvalue weighted by atomic mass is 32.2. The van der Waals surface area contributed by atoms with Crippen molar-refractivity contribution in [2.24, 2.45) is 0 Å². The summed E-state index contributed by atoms with van der Waals surface area (Å²) in [6, 6.07) is 5.23. The molecule has 1 aromatic heterocycles. The Morgan fingerprint density at radius 1 is 1.47 bits per heavy atom. The second-order valence-corrected chi connectivity index (χ2v) is 5.98. The molecule has 0 aromatic carbocycles. The molecule has 1 heterocycles. The molecular weight excluding hydrogens is 242 g/mol. The molecule has 1 aromatic rings. The Morgan fingerprint density at radius 3 is 2.65 bits per heavy atom. The Labute approximate surface area is 100 Å². The summed E-state index contributed by atoms with van der Waals surface area (Å²) in [4.78, 5) is 14.8. The maximum atomic E-state index is 11.8. The summed E-state index contributed by atoms with van der Waals surface area (Å²) >= 11 is 0. The van der Waals surface area contributed by atoms with Crippen molar-refractivity contribution in [1.82, 2.24) is 4.98 Å². The predicted octanol–water partition coefficient (Wildman–Crippen LogP) is 0.902. The molecule has 94 valence electrons. The lowest BCUT2D eigenvalue weighted by Crippen LogP contribution is -2.32. The number of aliphatic carboxylic acids is 1. The summed E-state index contributed by atoms with van der Waals surface area (Å²) in [5.41, 5.74) is 0.649. The van der Waals surface area contributed by atoms with Gasteiger partial charge in [-0.25, -0.2) is 8.42 Å². The third kappa shape index (κ3) is 3.81. The molecule has 0 aliphatic carbocycles. The zero-order valence-electron chi connectivity index (χ0n) is 9.54. The lowest BCUT2D eigenvalue weighted by Gasteiger charge is -2.10. The first-order chi connectivity index (χ1) is 7.97. The monoisotopic (exact) mass is 257 g/mol. The molecule has 17 heavy (non-hydrogen) atoms. The van der Waals surface area contributed by atoms with Gasteiger partial charge in [-0.15, -0.1) is 0 Å². The van der Waals surface area contributed by atoms with Crippen molar-refractivity contribution in [2.45, 2.75) is 25.0 Å². The molecule has 6 heteroatoms. The van der Waals surface area contributed by atoms with Crippen LogP contribution >= 0.6 is 0 Å². The van der Waals surface area contributed by atoms with Gasteiger partial charge in [0.05, 0.1) is 5.75 Å². The van der Waals surface area contributed by atoms with E-state index in [0.717, 1.165) is 0 Å². The quantitative estimate of drug-likeness (QED) is 0.818. The van der Waals surface area contributed by atoms with Crippen molar-refractivity contribution in [1.29, 1.82) is 0 Å². The fourth-order valence-corrected chi connectivity index (χ4v) is 3.11. The Balaban J connectivity index is 2.71.